The summed E-state index contributed by atoms with van der Waals surface area (Å²) < 4.78 is 0. The van der Waals surface area contributed by atoms with Gasteiger partial charge in [0.15, 0.2) is 5.78 Å². The van der Waals surface area contributed by atoms with E-state index in [2.05, 4.69) is 0 Å². The van der Waals surface area contributed by atoms with Crippen LogP contribution >= 0.6 is 11.6 Å². The van der Waals surface area contributed by atoms with Crippen molar-refractivity contribution >= 4 is 23.0 Å². The Kier molecular flexibility index (Phi) is 2.08. The molecule has 4 rings (SSSR count). The number of ketones is 1. The van der Waals surface area contributed by atoms with Crippen LogP contribution < -0.4 is 0 Å². The summed E-state index contributed by atoms with van der Waals surface area (Å²) in [6.45, 7) is 1.96. The molecule has 19 heavy (non-hydrogen) atoms. The molecule has 0 amide bonds. The Morgan fingerprint density at radius 2 is 2.21 bits per heavy atom. The number of benzene rings is 1. The fourth-order valence-electron chi connectivity index (χ4n) is 4.50. The van der Waals surface area contributed by atoms with E-state index >= 15 is 0 Å². The van der Waals surface area contributed by atoms with Crippen LogP contribution in [-0.2, 0) is 11.2 Å². The van der Waals surface area contributed by atoms with Gasteiger partial charge in [0, 0.05) is 11.3 Å². The number of fused-ring (bicyclic) bond motifs is 3. The number of aromatic hydroxyl groups is 1. The van der Waals surface area contributed by atoms with Crippen LogP contribution in [0.4, 0.5) is 0 Å². The maximum atomic E-state index is 12.3. The lowest BCUT2D eigenvalue weighted by molar-refractivity contribution is -0.119. The van der Waals surface area contributed by atoms with Crippen LogP contribution in [0.25, 0.3) is 5.57 Å². The molecule has 0 radical (unpaired) electrons. The minimum absolute atomic E-state index is 0.114. The van der Waals surface area contributed by atoms with E-state index in [0.717, 1.165) is 42.4 Å². The second kappa shape index (κ2) is 3.43. The van der Waals surface area contributed by atoms with Crippen molar-refractivity contribution in [3.05, 3.63) is 33.9 Å². The Labute approximate surface area is 117 Å². The number of Topliss-reactive ketones (excluding diaryl/α,β-unsaturated/α-hetero) is 1. The largest absolute Gasteiger partial charge is 0.506 e. The van der Waals surface area contributed by atoms with Gasteiger partial charge in [-0.05, 0) is 60.9 Å². The van der Waals surface area contributed by atoms with Crippen molar-refractivity contribution in [1.29, 1.82) is 0 Å². The number of hydrogen-bond acceptors (Lipinski definition) is 2. The summed E-state index contributed by atoms with van der Waals surface area (Å²) in [4.78, 5) is 12.3. The molecule has 98 valence electrons. The van der Waals surface area contributed by atoms with Crippen LogP contribution in [0.5, 0.6) is 5.75 Å². The lowest BCUT2D eigenvalue weighted by Crippen LogP contribution is -2.26. The van der Waals surface area contributed by atoms with E-state index in [0.29, 0.717) is 10.8 Å². The van der Waals surface area contributed by atoms with Crippen molar-refractivity contribution in [1.82, 2.24) is 0 Å². The number of hydrogen-bond donors (Lipinski definition) is 1. The molecule has 3 heteroatoms. The smallest absolute Gasteiger partial charge is 0.161 e. The number of phenols is 1. The molecule has 0 saturated heterocycles. The first-order valence-corrected chi connectivity index (χ1v) is 7.17. The van der Waals surface area contributed by atoms with Crippen LogP contribution in [0.1, 0.15) is 37.3 Å². The van der Waals surface area contributed by atoms with Crippen molar-refractivity contribution in [2.75, 3.05) is 0 Å². The van der Waals surface area contributed by atoms with Crippen molar-refractivity contribution in [2.24, 2.45) is 11.3 Å². The maximum Gasteiger partial charge on any atom is 0.161 e. The first-order valence-electron chi connectivity index (χ1n) is 6.80. The summed E-state index contributed by atoms with van der Waals surface area (Å²) in [5.41, 5.74) is 4.38. The van der Waals surface area contributed by atoms with Gasteiger partial charge in [0.2, 0.25) is 0 Å². The maximum absolute atomic E-state index is 12.3. The molecule has 1 aromatic carbocycles. The third kappa shape index (κ3) is 1.26. The van der Waals surface area contributed by atoms with Crippen LogP contribution in [0.2, 0.25) is 5.02 Å². The monoisotopic (exact) mass is 274 g/mol. The molecule has 0 unspecified atom stereocenters. The highest BCUT2D eigenvalue weighted by Crippen LogP contribution is 2.63. The molecule has 1 fully saturated rings. The molecule has 0 heterocycles. The van der Waals surface area contributed by atoms with E-state index < -0.39 is 0 Å². The topological polar surface area (TPSA) is 37.3 Å². The van der Waals surface area contributed by atoms with Crippen molar-refractivity contribution in [2.45, 2.75) is 32.6 Å². The Morgan fingerprint density at radius 1 is 1.42 bits per heavy atom. The van der Waals surface area contributed by atoms with E-state index in [4.69, 9.17) is 11.6 Å². The van der Waals surface area contributed by atoms with Crippen molar-refractivity contribution in [3.63, 3.8) is 0 Å². The van der Waals surface area contributed by atoms with E-state index in [1.165, 1.54) is 5.57 Å². The number of carbonyl (C=O) groups excluding carboxylic acids is 1. The Morgan fingerprint density at radius 3 is 3.00 bits per heavy atom. The molecule has 2 atom stereocenters. The molecule has 3 aliphatic rings. The zero-order valence-corrected chi connectivity index (χ0v) is 11.5. The standard InChI is InChI=1S/C16H15ClO2/c1-8-13-10-2-3-12(18)14(17)11(10)7-16(13)5-4-9(6-16)15(8)19/h2-3,9,18H,4-7H2,1H3/t9-,16+/m0/s1. The van der Waals surface area contributed by atoms with Crippen molar-refractivity contribution < 1.29 is 9.90 Å². The number of rotatable bonds is 0. The van der Waals surface area contributed by atoms with Gasteiger partial charge in [0.05, 0.1) is 5.02 Å². The fourth-order valence-corrected chi connectivity index (χ4v) is 4.73. The second-order valence-corrected chi connectivity index (χ2v) is 6.56. The van der Waals surface area contributed by atoms with E-state index in [1.54, 1.807) is 6.07 Å². The molecule has 2 bridgehead atoms. The van der Waals surface area contributed by atoms with Gasteiger partial charge in [-0.1, -0.05) is 17.7 Å². The van der Waals surface area contributed by atoms with Gasteiger partial charge in [-0.2, -0.15) is 0 Å². The van der Waals surface area contributed by atoms with Gasteiger partial charge in [0.1, 0.15) is 5.75 Å². The third-order valence-electron chi connectivity index (χ3n) is 5.26. The van der Waals surface area contributed by atoms with Gasteiger partial charge < -0.3 is 5.11 Å². The molecule has 3 aliphatic carbocycles. The van der Waals surface area contributed by atoms with Gasteiger partial charge >= 0.3 is 0 Å². The average Bonchev–Trinajstić information content (AvgIpc) is 2.93. The van der Waals surface area contributed by atoms with Gasteiger partial charge in [-0.25, -0.2) is 0 Å². The van der Waals surface area contributed by atoms with Gasteiger partial charge in [0.25, 0.3) is 0 Å². The quantitative estimate of drug-likeness (QED) is 0.782. The Balaban J connectivity index is 2.03. The number of phenolic OH excluding ortho intramolecular Hbond substituents is 1. The average molecular weight is 275 g/mol. The summed E-state index contributed by atoms with van der Waals surface area (Å²) in [7, 11) is 0. The van der Waals surface area contributed by atoms with Gasteiger partial charge in [-0.15, -0.1) is 0 Å². The highest BCUT2D eigenvalue weighted by atomic mass is 35.5. The molecule has 1 N–H and O–H groups in total. The number of allylic oxidation sites excluding steroid dienone is 2. The summed E-state index contributed by atoms with van der Waals surface area (Å²) in [6.07, 6.45) is 3.91. The minimum atomic E-state index is 0.114. The summed E-state index contributed by atoms with van der Waals surface area (Å²) in [6, 6.07) is 3.57. The second-order valence-electron chi connectivity index (χ2n) is 6.19. The molecular weight excluding hydrogens is 260 g/mol. The molecular formula is C16H15ClO2. The first kappa shape index (κ1) is 11.5. The highest BCUT2D eigenvalue weighted by molar-refractivity contribution is 6.33. The van der Waals surface area contributed by atoms with Crippen LogP contribution in [-0.4, -0.2) is 10.9 Å². The Hall–Kier alpha value is -1.28. The summed E-state index contributed by atoms with van der Waals surface area (Å²) >= 11 is 6.26. The third-order valence-corrected chi connectivity index (χ3v) is 5.68. The van der Waals surface area contributed by atoms with Crippen LogP contribution in [0, 0.1) is 11.3 Å². The molecule has 0 aliphatic heterocycles. The molecule has 2 nitrogen and oxygen atoms in total. The lowest BCUT2D eigenvalue weighted by Gasteiger charge is -2.31. The van der Waals surface area contributed by atoms with E-state index in [1.807, 2.05) is 13.0 Å². The molecule has 0 aromatic heterocycles. The summed E-state index contributed by atoms with van der Waals surface area (Å²) in [5.74, 6) is 0.681. The van der Waals surface area contributed by atoms with Gasteiger partial charge in [-0.3, -0.25) is 4.79 Å². The zero-order valence-electron chi connectivity index (χ0n) is 10.8. The Bertz CT molecular complexity index is 659. The molecule has 1 spiro atoms. The van der Waals surface area contributed by atoms with Crippen LogP contribution in [0.3, 0.4) is 0 Å². The van der Waals surface area contributed by atoms with Crippen molar-refractivity contribution in [3.8, 4) is 5.75 Å². The molecule has 1 saturated carbocycles. The number of carbonyl (C=O) groups is 1. The minimum Gasteiger partial charge on any atom is -0.506 e. The predicted octanol–water partition coefficient (Wildman–Crippen LogP) is 3.74. The highest BCUT2D eigenvalue weighted by Gasteiger charge is 2.53. The molecule has 1 aromatic rings. The predicted molar refractivity (Wildman–Crippen MR) is 74.2 cm³/mol. The van der Waals surface area contributed by atoms with Crippen LogP contribution in [0.15, 0.2) is 17.7 Å². The fraction of sp³-hybridized carbons (Fsp3) is 0.438. The zero-order chi connectivity index (χ0) is 13.4. The van der Waals surface area contributed by atoms with E-state index in [-0.39, 0.29) is 17.1 Å². The SMILES string of the molecule is CC1=C2c3ccc(O)c(Cl)c3C[C@]23CC[C@@H](C3)C1=O. The van der Waals surface area contributed by atoms with E-state index in [9.17, 15) is 9.90 Å². The summed E-state index contributed by atoms with van der Waals surface area (Å²) in [5, 5.41) is 10.3. The number of halogens is 1. The normalized spacial score (nSPS) is 31.7. The lowest BCUT2D eigenvalue weighted by atomic mass is 9.71. The first-order chi connectivity index (χ1) is 9.03.